The van der Waals surface area contributed by atoms with Crippen LogP contribution in [-0.2, 0) is 9.59 Å². The maximum absolute atomic E-state index is 12.3. The van der Waals surface area contributed by atoms with Crippen LogP contribution < -0.4 is 11.1 Å². The van der Waals surface area contributed by atoms with Gasteiger partial charge in [-0.15, -0.1) is 0 Å². The molecule has 2 rings (SSSR count). The molecule has 2 bridgehead atoms. The van der Waals surface area contributed by atoms with Gasteiger partial charge in [0.15, 0.2) is 0 Å². The first kappa shape index (κ1) is 14.3. The predicted molar refractivity (Wildman–Crippen MR) is 71.4 cm³/mol. The third kappa shape index (κ3) is 2.91. The summed E-state index contributed by atoms with van der Waals surface area (Å²) in [5.41, 5.74) is 6.11. The monoisotopic (exact) mass is 268 g/mol. The van der Waals surface area contributed by atoms with Crippen molar-refractivity contribution < 1.29 is 14.7 Å². The number of carboxylic acids is 1. The molecule has 0 aromatic rings. The Labute approximate surface area is 113 Å². The van der Waals surface area contributed by atoms with Gasteiger partial charge in [0.25, 0.3) is 0 Å². The number of carbonyl (C=O) groups is 2. The lowest BCUT2D eigenvalue weighted by molar-refractivity contribution is -0.143. The van der Waals surface area contributed by atoms with Crippen LogP contribution >= 0.6 is 0 Å². The van der Waals surface area contributed by atoms with Crippen molar-refractivity contribution in [2.75, 3.05) is 0 Å². The van der Waals surface area contributed by atoms with Crippen molar-refractivity contribution in [3.63, 3.8) is 0 Å². The first-order valence-corrected chi connectivity index (χ1v) is 7.33. The number of rotatable bonds is 6. The predicted octanol–water partition coefficient (Wildman–Crippen LogP) is 1.12. The standard InChI is InChI=1S/C14H24N2O3/c1-2-3-4-10(14(18)19)16-13(17)11-8-5-6-9(7-8)12(11)15/h8-12H,2-7,15H2,1H3,(H,16,17)(H,18,19)/t8?,9?,10-,11?,12?/m0/s1. The van der Waals surface area contributed by atoms with Gasteiger partial charge in [-0.05, 0) is 37.5 Å². The van der Waals surface area contributed by atoms with Crippen molar-refractivity contribution in [2.45, 2.75) is 57.5 Å². The minimum absolute atomic E-state index is 0.0839. The van der Waals surface area contributed by atoms with Crippen molar-refractivity contribution in [2.24, 2.45) is 23.5 Å². The van der Waals surface area contributed by atoms with E-state index in [1.807, 2.05) is 6.92 Å². The van der Waals surface area contributed by atoms with Gasteiger partial charge in [-0.3, -0.25) is 4.79 Å². The molecule has 0 spiro atoms. The van der Waals surface area contributed by atoms with Crippen LogP contribution in [0.2, 0.25) is 0 Å². The normalized spacial score (nSPS) is 34.2. The van der Waals surface area contributed by atoms with Gasteiger partial charge in [-0.2, -0.15) is 0 Å². The maximum atomic E-state index is 12.3. The summed E-state index contributed by atoms with van der Waals surface area (Å²) in [6, 6.07) is -0.849. The van der Waals surface area contributed by atoms with Gasteiger partial charge in [-0.25, -0.2) is 4.79 Å². The number of hydrogen-bond acceptors (Lipinski definition) is 3. The van der Waals surface area contributed by atoms with Crippen molar-refractivity contribution in [3.05, 3.63) is 0 Å². The third-order valence-corrected chi connectivity index (χ3v) is 4.74. The zero-order valence-corrected chi connectivity index (χ0v) is 11.5. The lowest BCUT2D eigenvalue weighted by Gasteiger charge is -2.28. The summed E-state index contributed by atoms with van der Waals surface area (Å²) in [6.07, 6.45) is 5.43. The Morgan fingerprint density at radius 2 is 2.05 bits per heavy atom. The highest BCUT2D eigenvalue weighted by Gasteiger charge is 2.49. The van der Waals surface area contributed by atoms with Gasteiger partial charge in [0.1, 0.15) is 6.04 Å². The largest absolute Gasteiger partial charge is 0.480 e. The van der Waals surface area contributed by atoms with Gasteiger partial charge in [0.2, 0.25) is 5.91 Å². The summed E-state index contributed by atoms with van der Waals surface area (Å²) >= 11 is 0. The van der Waals surface area contributed by atoms with Crippen molar-refractivity contribution in [1.82, 2.24) is 5.32 Å². The highest BCUT2D eigenvalue weighted by atomic mass is 16.4. The van der Waals surface area contributed by atoms with Crippen molar-refractivity contribution in [1.29, 1.82) is 0 Å². The zero-order valence-electron chi connectivity index (χ0n) is 11.5. The molecule has 2 fully saturated rings. The Balaban J connectivity index is 1.94. The van der Waals surface area contributed by atoms with E-state index in [1.165, 1.54) is 0 Å². The SMILES string of the molecule is CCCC[C@H](NC(=O)C1C2CCC(C2)C1N)C(=O)O. The Kier molecular flexibility index (Phi) is 4.45. The molecule has 0 aromatic heterocycles. The van der Waals surface area contributed by atoms with E-state index in [-0.39, 0.29) is 17.9 Å². The average Bonchev–Trinajstić information content (AvgIpc) is 2.94. The summed E-state index contributed by atoms with van der Waals surface area (Å²) < 4.78 is 0. The minimum atomic E-state index is -0.946. The lowest BCUT2D eigenvalue weighted by Crippen LogP contribution is -2.50. The molecule has 0 aliphatic heterocycles. The molecule has 19 heavy (non-hydrogen) atoms. The molecule has 5 atom stereocenters. The average molecular weight is 268 g/mol. The van der Waals surface area contributed by atoms with Crippen LogP contribution in [0.25, 0.3) is 0 Å². The number of carboxylic acid groups (broad SMARTS) is 1. The molecule has 4 N–H and O–H groups in total. The zero-order chi connectivity index (χ0) is 14.0. The summed E-state index contributed by atoms with van der Waals surface area (Å²) in [6.45, 7) is 2.01. The quantitative estimate of drug-likeness (QED) is 0.673. The first-order valence-electron chi connectivity index (χ1n) is 7.33. The molecule has 108 valence electrons. The first-order chi connectivity index (χ1) is 9.04. The van der Waals surface area contributed by atoms with Crippen LogP contribution in [0.5, 0.6) is 0 Å². The Morgan fingerprint density at radius 1 is 1.37 bits per heavy atom. The molecule has 2 aliphatic rings. The second-order valence-corrected chi connectivity index (χ2v) is 5.98. The van der Waals surface area contributed by atoms with E-state index in [0.29, 0.717) is 18.3 Å². The number of nitrogens with two attached hydrogens (primary N) is 1. The molecule has 1 amide bonds. The van der Waals surface area contributed by atoms with Crippen LogP contribution in [0.3, 0.4) is 0 Å². The van der Waals surface area contributed by atoms with E-state index >= 15 is 0 Å². The van der Waals surface area contributed by atoms with Crippen molar-refractivity contribution in [3.8, 4) is 0 Å². The Morgan fingerprint density at radius 3 is 2.58 bits per heavy atom. The Bertz CT molecular complexity index is 357. The van der Waals surface area contributed by atoms with Crippen LogP contribution in [0.4, 0.5) is 0 Å². The lowest BCUT2D eigenvalue weighted by atomic mass is 9.84. The van der Waals surface area contributed by atoms with Crippen LogP contribution in [0, 0.1) is 17.8 Å². The fourth-order valence-electron chi connectivity index (χ4n) is 3.66. The number of carbonyl (C=O) groups excluding carboxylic acids is 1. The van der Waals surface area contributed by atoms with Gasteiger partial charge in [0, 0.05) is 6.04 Å². The minimum Gasteiger partial charge on any atom is -0.480 e. The topological polar surface area (TPSA) is 92.4 Å². The van der Waals surface area contributed by atoms with Crippen LogP contribution in [0.1, 0.15) is 45.4 Å². The molecule has 0 radical (unpaired) electrons. The number of nitrogens with one attached hydrogen (secondary N) is 1. The molecule has 5 nitrogen and oxygen atoms in total. The molecule has 2 aliphatic carbocycles. The van der Waals surface area contributed by atoms with Gasteiger partial charge in [0.05, 0.1) is 5.92 Å². The number of amides is 1. The molecule has 4 unspecified atom stereocenters. The van der Waals surface area contributed by atoms with Crippen LogP contribution in [0.15, 0.2) is 0 Å². The molecule has 2 saturated carbocycles. The summed E-state index contributed by atoms with van der Waals surface area (Å²) in [5.74, 6) is -0.454. The highest BCUT2D eigenvalue weighted by Crippen LogP contribution is 2.47. The Hall–Kier alpha value is -1.10. The van der Waals surface area contributed by atoms with E-state index in [2.05, 4.69) is 5.32 Å². The van der Waals surface area contributed by atoms with E-state index < -0.39 is 12.0 Å². The second kappa shape index (κ2) is 5.90. The van der Waals surface area contributed by atoms with Crippen molar-refractivity contribution >= 4 is 11.9 Å². The number of aliphatic carboxylic acids is 1. The molecule has 0 saturated heterocycles. The second-order valence-electron chi connectivity index (χ2n) is 5.98. The number of unbranched alkanes of at least 4 members (excludes halogenated alkanes) is 1. The molecular weight excluding hydrogens is 244 g/mol. The van der Waals surface area contributed by atoms with E-state index in [1.54, 1.807) is 0 Å². The smallest absolute Gasteiger partial charge is 0.326 e. The maximum Gasteiger partial charge on any atom is 0.326 e. The van der Waals surface area contributed by atoms with E-state index in [4.69, 9.17) is 10.8 Å². The van der Waals surface area contributed by atoms with Gasteiger partial charge in [-0.1, -0.05) is 19.8 Å². The molecular formula is C14H24N2O3. The van der Waals surface area contributed by atoms with Crippen LogP contribution in [-0.4, -0.2) is 29.1 Å². The summed E-state index contributed by atoms with van der Waals surface area (Å²) in [5, 5.41) is 11.8. The van der Waals surface area contributed by atoms with Gasteiger partial charge >= 0.3 is 5.97 Å². The number of fused-ring (bicyclic) bond motifs is 2. The number of hydrogen-bond donors (Lipinski definition) is 3. The fourth-order valence-corrected chi connectivity index (χ4v) is 3.66. The molecule has 0 aromatic carbocycles. The summed E-state index contributed by atoms with van der Waals surface area (Å²) in [7, 11) is 0. The summed E-state index contributed by atoms with van der Waals surface area (Å²) in [4.78, 5) is 23.4. The van der Waals surface area contributed by atoms with E-state index in [0.717, 1.165) is 32.1 Å². The fraction of sp³-hybridized carbons (Fsp3) is 0.857. The highest BCUT2D eigenvalue weighted by molar-refractivity contribution is 5.86. The molecule has 5 heteroatoms. The van der Waals surface area contributed by atoms with Gasteiger partial charge < -0.3 is 16.2 Å². The third-order valence-electron chi connectivity index (χ3n) is 4.74. The molecule has 0 heterocycles. The van der Waals surface area contributed by atoms with E-state index in [9.17, 15) is 9.59 Å².